The van der Waals surface area contributed by atoms with Gasteiger partial charge in [-0.15, -0.1) is 0 Å². The van der Waals surface area contributed by atoms with Gasteiger partial charge in [-0.3, -0.25) is 0 Å². The summed E-state index contributed by atoms with van der Waals surface area (Å²) in [5.74, 6) is 0.596. The molecular weight excluding hydrogens is 330 g/mol. The maximum atomic E-state index is 4.46. The van der Waals surface area contributed by atoms with Crippen molar-refractivity contribution in [2.45, 2.75) is 47.0 Å². The first-order valence-electron chi connectivity index (χ1n) is 9.93. The van der Waals surface area contributed by atoms with Gasteiger partial charge in [0, 0.05) is 36.0 Å². The van der Waals surface area contributed by atoms with Gasteiger partial charge in [0.05, 0.1) is 11.9 Å². The number of hydrogen-bond acceptors (Lipinski definition) is 2. The minimum atomic E-state index is 0.596. The second-order valence-corrected chi connectivity index (χ2v) is 7.42. The van der Waals surface area contributed by atoms with Gasteiger partial charge in [0.1, 0.15) is 0 Å². The van der Waals surface area contributed by atoms with E-state index in [9.17, 15) is 0 Å². The number of benzene rings is 1. The Morgan fingerprint density at radius 2 is 2.11 bits per heavy atom. The summed E-state index contributed by atoms with van der Waals surface area (Å²) in [5, 5.41) is 4.46. The van der Waals surface area contributed by atoms with Crippen molar-refractivity contribution >= 4 is 17.0 Å². The van der Waals surface area contributed by atoms with E-state index in [0.29, 0.717) is 5.92 Å². The minimum absolute atomic E-state index is 0.596. The lowest BCUT2D eigenvalue weighted by molar-refractivity contribution is 0.762. The van der Waals surface area contributed by atoms with Crippen molar-refractivity contribution in [3.63, 3.8) is 0 Å². The molecule has 0 aliphatic carbocycles. The SMILES string of the molecule is C=C(/C=C\C=C(/C)c1cccc2c1N(CC)CC2C)n1ncc(C)c1CC. The lowest BCUT2D eigenvalue weighted by Crippen LogP contribution is -2.21. The standard InChI is InChI=1S/C24H31N3/c1-7-23-18(4)15-25-27(23)20(6)12-9-11-17(3)21-13-10-14-22-19(5)16-26(8-2)24(21)22/h9-15,19H,6-8,16H2,1-5H3/b12-9-,17-11+. The molecule has 1 unspecified atom stereocenters. The molecule has 0 saturated heterocycles. The predicted octanol–water partition coefficient (Wildman–Crippen LogP) is 5.83. The molecule has 0 N–H and O–H groups in total. The Morgan fingerprint density at radius 3 is 2.81 bits per heavy atom. The smallest absolute Gasteiger partial charge is 0.0577 e. The van der Waals surface area contributed by atoms with Gasteiger partial charge in [-0.2, -0.15) is 5.10 Å². The zero-order chi connectivity index (χ0) is 19.6. The summed E-state index contributed by atoms with van der Waals surface area (Å²) in [6.07, 6.45) is 9.17. The normalized spacial score (nSPS) is 17.0. The fraction of sp³-hybridized carbons (Fsp3) is 0.375. The number of allylic oxidation sites excluding steroid dienone is 5. The van der Waals surface area contributed by atoms with Crippen molar-refractivity contribution in [2.75, 3.05) is 18.0 Å². The van der Waals surface area contributed by atoms with Gasteiger partial charge in [0.15, 0.2) is 0 Å². The first kappa shape index (κ1) is 19.2. The third-order valence-electron chi connectivity index (χ3n) is 5.53. The number of aryl methyl sites for hydroxylation is 1. The average Bonchev–Trinajstić information content (AvgIpc) is 3.21. The number of rotatable bonds is 6. The molecule has 0 bridgehead atoms. The molecule has 27 heavy (non-hydrogen) atoms. The zero-order valence-electron chi connectivity index (χ0n) is 17.3. The minimum Gasteiger partial charge on any atom is -0.370 e. The van der Waals surface area contributed by atoms with Crippen molar-refractivity contribution < 1.29 is 0 Å². The van der Waals surface area contributed by atoms with Gasteiger partial charge in [0.2, 0.25) is 0 Å². The summed E-state index contributed by atoms with van der Waals surface area (Å²) >= 11 is 0. The molecule has 1 aromatic carbocycles. The predicted molar refractivity (Wildman–Crippen MR) is 117 cm³/mol. The Kier molecular flexibility index (Phi) is 5.69. The number of nitrogens with zero attached hydrogens (tertiary/aromatic N) is 3. The van der Waals surface area contributed by atoms with E-state index in [1.807, 2.05) is 17.0 Å². The summed E-state index contributed by atoms with van der Waals surface area (Å²) in [5.41, 5.74) is 8.81. The van der Waals surface area contributed by atoms with E-state index in [1.165, 1.54) is 33.6 Å². The fourth-order valence-electron chi connectivity index (χ4n) is 4.03. The highest BCUT2D eigenvalue weighted by Crippen LogP contribution is 2.40. The van der Waals surface area contributed by atoms with Gasteiger partial charge >= 0.3 is 0 Å². The average molecular weight is 362 g/mol. The van der Waals surface area contributed by atoms with E-state index >= 15 is 0 Å². The van der Waals surface area contributed by atoms with Crippen molar-refractivity contribution in [1.82, 2.24) is 9.78 Å². The van der Waals surface area contributed by atoms with E-state index in [4.69, 9.17) is 0 Å². The van der Waals surface area contributed by atoms with Crippen molar-refractivity contribution in [3.8, 4) is 0 Å². The number of fused-ring (bicyclic) bond motifs is 1. The van der Waals surface area contributed by atoms with E-state index in [0.717, 1.165) is 25.2 Å². The van der Waals surface area contributed by atoms with Crippen LogP contribution >= 0.6 is 0 Å². The number of likely N-dealkylation sites (N-methyl/N-ethyl adjacent to an activating group) is 1. The van der Waals surface area contributed by atoms with Gasteiger partial charge in [0.25, 0.3) is 0 Å². The molecule has 0 spiro atoms. The van der Waals surface area contributed by atoms with Crippen LogP contribution in [0.5, 0.6) is 0 Å². The molecule has 2 aromatic rings. The quantitative estimate of drug-likeness (QED) is 0.604. The van der Waals surface area contributed by atoms with Crippen LogP contribution in [0.15, 0.2) is 49.2 Å². The van der Waals surface area contributed by atoms with E-state index < -0.39 is 0 Å². The maximum Gasteiger partial charge on any atom is 0.0577 e. The molecule has 3 nitrogen and oxygen atoms in total. The zero-order valence-corrected chi connectivity index (χ0v) is 17.3. The van der Waals surface area contributed by atoms with Crippen LogP contribution in [0.2, 0.25) is 0 Å². The van der Waals surface area contributed by atoms with Crippen LogP contribution < -0.4 is 4.90 Å². The van der Waals surface area contributed by atoms with Gasteiger partial charge in [-0.05, 0) is 50.0 Å². The number of hydrogen-bond donors (Lipinski definition) is 0. The largest absolute Gasteiger partial charge is 0.370 e. The van der Waals surface area contributed by atoms with Crippen LogP contribution in [-0.4, -0.2) is 22.9 Å². The summed E-state index contributed by atoms with van der Waals surface area (Å²) in [6, 6.07) is 6.69. The molecule has 2 heterocycles. The fourth-order valence-corrected chi connectivity index (χ4v) is 4.03. The Hall–Kier alpha value is -2.55. The first-order chi connectivity index (χ1) is 13.0. The van der Waals surface area contributed by atoms with Gasteiger partial charge < -0.3 is 4.90 Å². The van der Waals surface area contributed by atoms with Gasteiger partial charge in [-0.1, -0.05) is 50.8 Å². The monoisotopic (exact) mass is 361 g/mol. The molecule has 3 heteroatoms. The third kappa shape index (κ3) is 3.64. The summed E-state index contributed by atoms with van der Waals surface area (Å²) in [7, 11) is 0. The number of aromatic nitrogens is 2. The van der Waals surface area contributed by atoms with Crippen LogP contribution in [-0.2, 0) is 6.42 Å². The van der Waals surface area contributed by atoms with E-state index in [1.54, 1.807) is 0 Å². The van der Waals surface area contributed by atoms with Crippen LogP contribution in [0.1, 0.15) is 56.0 Å². The molecule has 0 radical (unpaired) electrons. The number of anilines is 1. The molecule has 0 fully saturated rings. The summed E-state index contributed by atoms with van der Waals surface area (Å²) in [6.45, 7) is 17.3. The third-order valence-corrected chi connectivity index (χ3v) is 5.53. The van der Waals surface area contributed by atoms with Gasteiger partial charge in [-0.25, -0.2) is 4.68 Å². The Balaban J connectivity index is 1.85. The maximum absolute atomic E-state index is 4.46. The summed E-state index contributed by atoms with van der Waals surface area (Å²) < 4.78 is 1.94. The molecule has 142 valence electrons. The van der Waals surface area contributed by atoms with E-state index in [-0.39, 0.29) is 0 Å². The summed E-state index contributed by atoms with van der Waals surface area (Å²) in [4.78, 5) is 2.50. The van der Waals surface area contributed by atoms with Crippen LogP contribution in [0, 0.1) is 6.92 Å². The van der Waals surface area contributed by atoms with E-state index in [2.05, 4.69) is 81.5 Å². The van der Waals surface area contributed by atoms with Crippen molar-refractivity contribution in [2.24, 2.45) is 0 Å². The Morgan fingerprint density at radius 1 is 1.33 bits per heavy atom. The molecule has 0 saturated carbocycles. The molecular formula is C24H31N3. The highest BCUT2D eigenvalue weighted by Gasteiger charge is 2.26. The van der Waals surface area contributed by atoms with Crippen LogP contribution in [0.25, 0.3) is 11.3 Å². The lowest BCUT2D eigenvalue weighted by Gasteiger charge is -2.20. The van der Waals surface area contributed by atoms with Crippen molar-refractivity contribution in [1.29, 1.82) is 0 Å². The Bertz CT molecular complexity index is 898. The first-order valence-corrected chi connectivity index (χ1v) is 9.93. The lowest BCUT2D eigenvalue weighted by atomic mass is 9.97. The molecule has 1 aliphatic rings. The van der Waals surface area contributed by atoms with Crippen LogP contribution in [0.3, 0.4) is 0 Å². The van der Waals surface area contributed by atoms with Crippen molar-refractivity contribution in [3.05, 3.63) is 71.6 Å². The molecule has 0 amide bonds. The molecule has 1 aromatic heterocycles. The second-order valence-electron chi connectivity index (χ2n) is 7.42. The second kappa shape index (κ2) is 7.99. The molecule has 1 aliphatic heterocycles. The highest BCUT2D eigenvalue weighted by molar-refractivity contribution is 5.81. The highest BCUT2D eigenvalue weighted by atomic mass is 15.3. The Labute approximate surface area is 163 Å². The number of para-hydroxylation sites is 1. The topological polar surface area (TPSA) is 21.1 Å². The molecule has 3 rings (SSSR count). The van der Waals surface area contributed by atoms with Crippen LogP contribution in [0.4, 0.5) is 5.69 Å². The molecule has 1 atom stereocenters.